The van der Waals surface area contributed by atoms with Crippen molar-refractivity contribution in [2.45, 2.75) is 84.9 Å². The average molecular weight is 300 g/mol. The van der Waals surface area contributed by atoms with Crippen LogP contribution >= 0.6 is 7.52 Å². The average Bonchev–Trinajstić information content (AvgIpc) is 2.38. The van der Waals surface area contributed by atoms with Gasteiger partial charge in [-0.2, -0.15) is 5.26 Å². The smallest absolute Gasteiger partial charge is 0.304 e. The van der Waals surface area contributed by atoms with Crippen LogP contribution in [0.25, 0.3) is 0 Å². The SMILES string of the molecule is CC(OP(=O)(C#N)N(C(C)C)C(C)C)C1CCCCC1. The summed E-state index contributed by atoms with van der Waals surface area (Å²) in [5, 5.41) is 9.42. The van der Waals surface area contributed by atoms with Crippen LogP contribution in [0.15, 0.2) is 0 Å². The normalized spacial score (nSPS) is 21.9. The number of nitrogens with zero attached hydrogens (tertiary/aromatic N) is 2. The van der Waals surface area contributed by atoms with E-state index in [0.29, 0.717) is 5.92 Å². The van der Waals surface area contributed by atoms with Crippen molar-refractivity contribution in [2.75, 3.05) is 0 Å². The van der Waals surface area contributed by atoms with Crippen molar-refractivity contribution in [3.05, 3.63) is 0 Å². The largest absolute Gasteiger partial charge is 0.371 e. The van der Waals surface area contributed by atoms with Crippen LogP contribution in [-0.2, 0) is 9.09 Å². The number of hydrogen-bond acceptors (Lipinski definition) is 3. The fourth-order valence-electron chi connectivity index (χ4n) is 3.25. The Balaban J connectivity index is 2.82. The van der Waals surface area contributed by atoms with Gasteiger partial charge in [-0.15, -0.1) is 0 Å². The molecule has 1 aliphatic rings. The Labute approximate surface area is 124 Å². The lowest BCUT2D eigenvalue weighted by atomic mass is 9.86. The maximum atomic E-state index is 13.0. The topological polar surface area (TPSA) is 53.3 Å². The second-order valence-electron chi connectivity index (χ2n) is 6.40. The van der Waals surface area contributed by atoms with Crippen molar-refractivity contribution in [1.29, 1.82) is 5.26 Å². The van der Waals surface area contributed by atoms with Crippen molar-refractivity contribution >= 4 is 7.52 Å². The summed E-state index contributed by atoms with van der Waals surface area (Å²) in [4.78, 5) is 0. The molecule has 0 radical (unpaired) electrons. The summed E-state index contributed by atoms with van der Waals surface area (Å²) >= 11 is 0. The molecule has 0 saturated heterocycles. The van der Waals surface area contributed by atoms with Crippen molar-refractivity contribution in [3.63, 3.8) is 0 Å². The molecule has 2 atom stereocenters. The van der Waals surface area contributed by atoms with E-state index in [4.69, 9.17) is 4.52 Å². The highest BCUT2D eigenvalue weighted by atomic mass is 31.2. The van der Waals surface area contributed by atoms with E-state index in [1.54, 1.807) is 4.67 Å². The van der Waals surface area contributed by atoms with Gasteiger partial charge in [0.2, 0.25) is 0 Å². The van der Waals surface area contributed by atoms with E-state index in [-0.39, 0.29) is 18.2 Å². The van der Waals surface area contributed by atoms with E-state index in [1.807, 2.05) is 40.4 Å². The summed E-state index contributed by atoms with van der Waals surface area (Å²) in [6, 6.07) is 0.0538. The van der Waals surface area contributed by atoms with Crippen molar-refractivity contribution in [1.82, 2.24) is 4.67 Å². The van der Waals surface area contributed by atoms with Crippen molar-refractivity contribution < 1.29 is 9.09 Å². The van der Waals surface area contributed by atoms with Gasteiger partial charge in [0.25, 0.3) is 0 Å². The minimum absolute atomic E-state index is 0.0269. The predicted molar refractivity (Wildman–Crippen MR) is 82.5 cm³/mol. The zero-order valence-electron chi connectivity index (χ0n) is 13.5. The lowest BCUT2D eigenvalue weighted by Gasteiger charge is -2.36. The predicted octanol–water partition coefficient (Wildman–Crippen LogP) is 4.76. The first-order valence-electron chi connectivity index (χ1n) is 7.80. The Hall–Kier alpha value is -0.360. The third-order valence-corrected chi connectivity index (χ3v) is 6.51. The minimum atomic E-state index is -3.41. The second kappa shape index (κ2) is 7.59. The molecule has 4 nitrogen and oxygen atoms in total. The summed E-state index contributed by atoms with van der Waals surface area (Å²) < 4.78 is 20.5. The molecule has 0 aromatic heterocycles. The van der Waals surface area contributed by atoms with Crippen LogP contribution in [0.5, 0.6) is 0 Å². The third kappa shape index (κ3) is 4.32. The summed E-state index contributed by atoms with van der Waals surface area (Å²) in [7, 11) is -3.41. The highest BCUT2D eigenvalue weighted by molar-refractivity contribution is 7.61. The lowest BCUT2D eigenvalue weighted by molar-refractivity contribution is 0.108. The standard InChI is InChI=1S/C15H29N2O2P/c1-12(2)17(13(3)4)20(18,11-16)19-14(5)15-9-7-6-8-10-15/h12-15H,6-10H2,1-5H3. The minimum Gasteiger partial charge on any atom is -0.304 e. The van der Waals surface area contributed by atoms with Gasteiger partial charge >= 0.3 is 7.52 Å². The molecule has 5 heteroatoms. The van der Waals surface area contributed by atoms with Gasteiger partial charge in [0.1, 0.15) is 0 Å². The summed E-state index contributed by atoms with van der Waals surface area (Å²) in [6.45, 7) is 9.80. The second-order valence-corrected chi connectivity index (χ2v) is 8.31. The van der Waals surface area contributed by atoms with Crippen molar-refractivity contribution in [3.8, 4) is 5.81 Å². The number of hydrogen-bond donors (Lipinski definition) is 0. The van der Waals surface area contributed by atoms with E-state index >= 15 is 0 Å². The number of nitriles is 1. The van der Waals surface area contributed by atoms with Crippen molar-refractivity contribution in [2.24, 2.45) is 5.92 Å². The highest BCUT2D eigenvalue weighted by Gasteiger charge is 2.39. The molecule has 1 rings (SSSR count). The Kier molecular flexibility index (Phi) is 6.72. The van der Waals surface area contributed by atoms with Crippen LogP contribution in [-0.4, -0.2) is 22.9 Å². The molecule has 2 unspecified atom stereocenters. The van der Waals surface area contributed by atoms with Crippen LogP contribution in [0.3, 0.4) is 0 Å². The molecule has 0 spiro atoms. The van der Waals surface area contributed by atoms with Crippen LogP contribution in [0.2, 0.25) is 0 Å². The zero-order chi connectivity index (χ0) is 15.3. The van der Waals surface area contributed by atoms with Gasteiger partial charge < -0.3 is 4.52 Å². The van der Waals surface area contributed by atoms with Gasteiger partial charge in [-0.05, 0) is 53.4 Å². The summed E-state index contributed by atoms with van der Waals surface area (Å²) in [5.41, 5.74) is 0. The molecule has 0 aromatic rings. The molecular weight excluding hydrogens is 271 g/mol. The molecule has 0 aliphatic heterocycles. The summed E-state index contributed by atoms with van der Waals surface area (Å²) in [5.74, 6) is 2.41. The first kappa shape index (κ1) is 17.7. The quantitative estimate of drug-likeness (QED) is 0.663. The Bertz CT molecular complexity index is 376. The van der Waals surface area contributed by atoms with E-state index in [1.165, 1.54) is 19.3 Å². The fourth-order valence-corrected chi connectivity index (χ4v) is 5.35. The first-order chi connectivity index (χ1) is 9.31. The molecule has 0 amide bonds. The summed E-state index contributed by atoms with van der Waals surface area (Å²) in [6.07, 6.45) is 5.84. The number of rotatable bonds is 6. The maximum absolute atomic E-state index is 13.0. The highest BCUT2D eigenvalue weighted by Crippen LogP contribution is 2.54. The molecule has 0 N–H and O–H groups in total. The van der Waals surface area contributed by atoms with Gasteiger partial charge in [0, 0.05) is 12.1 Å². The van der Waals surface area contributed by atoms with E-state index in [2.05, 4.69) is 0 Å². The lowest BCUT2D eigenvalue weighted by Crippen LogP contribution is -2.36. The molecule has 116 valence electrons. The zero-order valence-corrected chi connectivity index (χ0v) is 14.4. The van der Waals surface area contributed by atoms with Crippen LogP contribution in [0.1, 0.15) is 66.7 Å². The van der Waals surface area contributed by atoms with E-state index in [0.717, 1.165) is 12.8 Å². The molecule has 1 saturated carbocycles. The Morgan fingerprint density at radius 1 is 1.10 bits per heavy atom. The fraction of sp³-hybridized carbons (Fsp3) is 0.933. The van der Waals surface area contributed by atoms with E-state index in [9.17, 15) is 9.83 Å². The van der Waals surface area contributed by atoms with Gasteiger partial charge in [0.15, 0.2) is 5.81 Å². The molecule has 1 fully saturated rings. The van der Waals surface area contributed by atoms with Crippen LogP contribution < -0.4 is 0 Å². The molecular formula is C15H29N2O2P. The van der Waals surface area contributed by atoms with Gasteiger partial charge in [-0.3, -0.25) is 4.57 Å². The van der Waals surface area contributed by atoms with Gasteiger partial charge in [-0.1, -0.05) is 19.3 Å². The monoisotopic (exact) mass is 300 g/mol. The van der Waals surface area contributed by atoms with Gasteiger partial charge in [0.05, 0.1) is 6.10 Å². The van der Waals surface area contributed by atoms with Gasteiger partial charge in [-0.25, -0.2) is 4.67 Å². The third-order valence-electron chi connectivity index (χ3n) is 4.11. The molecule has 0 aromatic carbocycles. The van der Waals surface area contributed by atoms with E-state index < -0.39 is 7.52 Å². The molecule has 0 bridgehead atoms. The van der Waals surface area contributed by atoms with Crippen LogP contribution in [0, 0.1) is 17.0 Å². The van der Waals surface area contributed by atoms with Crippen LogP contribution in [0.4, 0.5) is 0 Å². The molecule has 20 heavy (non-hydrogen) atoms. The Morgan fingerprint density at radius 2 is 1.60 bits per heavy atom. The first-order valence-corrected chi connectivity index (χ1v) is 9.38. The molecule has 0 heterocycles. The molecule has 1 aliphatic carbocycles. The Morgan fingerprint density at radius 3 is 2.00 bits per heavy atom. The maximum Gasteiger partial charge on any atom is 0.371 e.